The van der Waals surface area contributed by atoms with Gasteiger partial charge in [0.1, 0.15) is 5.69 Å². The van der Waals surface area contributed by atoms with Crippen LogP contribution in [0.4, 0.5) is 0 Å². The second-order valence-electron chi connectivity index (χ2n) is 6.53. The lowest BCUT2D eigenvalue weighted by atomic mass is 10.1. The molecule has 1 saturated heterocycles. The SMILES string of the molecule is O=C(c1nccc2ccccc12)N1CCC[C@@H](OCc2ccccn2)C1. The normalized spacial score (nSPS) is 17.4. The van der Waals surface area contributed by atoms with Crippen LogP contribution in [0.2, 0.25) is 0 Å². The van der Waals surface area contributed by atoms with Crippen molar-refractivity contribution in [2.24, 2.45) is 0 Å². The van der Waals surface area contributed by atoms with E-state index in [-0.39, 0.29) is 12.0 Å². The molecule has 132 valence electrons. The zero-order valence-corrected chi connectivity index (χ0v) is 14.5. The van der Waals surface area contributed by atoms with E-state index in [1.54, 1.807) is 12.4 Å². The minimum Gasteiger partial charge on any atom is -0.370 e. The van der Waals surface area contributed by atoms with Crippen LogP contribution in [0.15, 0.2) is 60.9 Å². The lowest BCUT2D eigenvalue weighted by Gasteiger charge is -2.32. The molecule has 0 radical (unpaired) electrons. The molecule has 5 nitrogen and oxygen atoms in total. The molecule has 1 aromatic carbocycles. The third-order valence-corrected chi connectivity index (χ3v) is 4.73. The predicted molar refractivity (Wildman–Crippen MR) is 99.7 cm³/mol. The lowest BCUT2D eigenvalue weighted by Crippen LogP contribution is -2.43. The van der Waals surface area contributed by atoms with Crippen molar-refractivity contribution >= 4 is 16.7 Å². The number of rotatable bonds is 4. The number of carbonyl (C=O) groups excluding carboxylic acids is 1. The summed E-state index contributed by atoms with van der Waals surface area (Å²) in [5.74, 6) is -0.0204. The summed E-state index contributed by atoms with van der Waals surface area (Å²) in [5, 5.41) is 1.93. The fraction of sp³-hybridized carbons (Fsp3) is 0.286. The van der Waals surface area contributed by atoms with Gasteiger partial charge in [-0.3, -0.25) is 14.8 Å². The number of nitrogens with zero attached hydrogens (tertiary/aromatic N) is 3. The summed E-state index contributed by atoms with van der Waals surface area (Å²) in [5.41, 5.74) is 1.43. The number of carbonyl (C=O) groups is 1. The third kappa shape index (κ3) is 3.58. The monoisotopic (exact) mass is 347 g/mol. The molecular formula is C21H21N3O2. The van der Waals surface area contributed by atoms with E-state index in [4.69, 9.17) is 4.74 Å². The highest BCUT2D eigenvalue weighted by Gasteiger charge is 2.26. The van der Waals surface area contributed by atoms with E-state index in [0.717, 1.165) is 35.9 Å². The quantitative estimate of drug-likeness (QED) is 0.725. The van der Waals surface area contributed by atoms with Crippen LogP contribution in [-0.2, 0) is 11.3 Å². The Hall–Kier alpha value is -2.79. The van der Waals surface area contributed by atoms with Gasteiger partial charge in [0.25, 0.3) is 5.91 Å². The first-order chi connectivity index (χ1) is 12.8. The molecule has 0 aliphatic carbocycles. The van der Waals surface area contributed by atoms with Crippen LogP contribution < -0.4 is 0 Å². The van der Waals surface area contributed by atoms with Gasteiger partial charge < -0.3 is 9.64 Å². The van der Waals surface area contributed by atoms with Gasteiger partial charge in [-0.15, -0.1) is 0 Å². The van der Waals surface area contributed by atoms with Crippen LogP contribution in [0.5, 0.6) is 0 Å². The number of amides is 1. The molecule has 0 bridgehead atoms. The van der Waals surface area contributed by atoms with Crippen LogP contribution in [-0.4, -0.2) is 40.0 Å². The van der Waals surface area contributed by atoms with Crippen molar-refractivity contribution in [1.29, 1.82) is 0 Å². The average molecular weight is 347 g/mol. The van der Waals surface area contributed by atoms with Crippen LogP contribution in [0.3, 0.4) is 0 Å². The number of fused-ring (bicyclic) bond motifs is 1. The molecule has 0 unspecified atom stereocenters. The third-order valence-electron chi connectivity index (χ3n) is 4.73. The molecule has 1 aliphatic rings. The van der Waals surface area contributed by atoms with Crippen molar-refractivity contribution in [2.45, 2.75) is 25.6 Å². The Bertz CT molecular complexity index is 893. The molecule has 3 aromatic rings. The zero-order chi connectivity index (χ0) is 17.8. The van der Waals surface area contributed by atoms with Crippen molar-refractivity contribution in [1.82, 2.24) is 14.9 Å². The van der Waals surface area contributed by atoms with Gasteiger partial charge in [0.05, 0.1) is 18.4 Å². The van der Waals surface area contributed by atoms with E-state index in [1.807, 2.05) is 53.4 Å². The van der Waals surface area contributed by atoms with Crippen LogP contribution in [0, 0.1) is 0 Å². The average Bonchev–Trinajstić information content (AvgIpc) is 2.72. The van der Waals surface area contributed by atoms with Gasteiger partial charge in [-0.1, -0.05) is 30.3 Å². The maximum atomic E-state index is 13.0. The fourth-order valence-electron chi connectivity index (χ4n) is 3.39. The molecule has 0 saturated carbocycles. The molecule has 1 atom stereocenters. The fourth-order valence-corrected chi connectivity index (χ4v) is 3.39. The topological polar surface area (TPSA) is 55.3 Å². The molecule has 26 heavy (non-hydrogen) atoms. The van der Waals surface area contributed by atoms with E-state index in [0.29, 0.717) is 18.8 Å². The number of aromatic nitrogens is 2. The second-order valence-corrected chi connectivity index (χ2v) is 6.53. The molecular weight excluding hydrogens is 326 g/mol. The van der Waals surface area contributed by atoms with E-state index in [1.165, 1.54) is 0 Å². The van der Waals surface area contributed by atoms with Gasteiger partial charge in [0.15, 0.2) is 0 Å². The Morgan fingerprint density at radius 2 is 1.96 bits per heavy atom. The van der Waals surface area contributed by atoms with Gasteiger partial charge >= 0.3 is 0 Å². The number of benzene rings is 1. The maximum absolute atomic E-state index is 13.0. The molecule has 3 heterocycles. The smallest absolute Gasteiger partial charge is 0.273 e. The summed E-state index contributed by atoms with van der Waals surface area (Å²) >= 11 is 0. The summed E-state index contributed by atoms with van der Waals surface area (Å²) in [7, 11) is 0. The highest BCUT2D eigenvalue weighted by Crippen LogP contribution is 2.21. The summed E-state index contributed by atoms with van der Waals surface area (Å²) in [4.78, 5) is 23.5. The summed E-state index contributed by atoms with van der Waals surface area (Å²) in [6.45, 7) is 1.81. The summed E-state index contributed by atoms with van der Waals surface area (Å²) < 4.78 is 6.00. The highest BCUT2D eigenvalue weighted by atomic mass is 16.5. The second kappa shape index (κ2) is 7.62. The number of piperidine rings is 1. The zero-order valence-electron chi connectivity index (χ0n) is 14.5. The van der Waals surface area contributed by atoms with E-state index >= 15 is 0 Å². The summed E-state index contributed by atoms with van der Waals surface area (Å²) in [6.07, 6.45) is 5.39. The van der Waals surface area contributed by atoms with Gasteiger partial charge in [-0.2, -0.15) is 0 Å². The molecule has 4 rings (SSSR count). The highest BCUT2D eigenvalue weighted by molar-refractivity contribution is 6.05. The first kappa shape index (κ1) is 16.7. The van der Waals surface area contributed by atoms with Crippen molar-refractivity contribution in [2.75, 3.05) is 13.1 Å². The first-order valence-corrected chi connectivity index (χ1v) is 8.96. The van der Waals surface area contributed by atoms with Crippen molar-refractivity contribution in [3.8, 4) is 0 Å². The van der Waals surface area contributed by atoms with Gasteiger partial charge in [0, 0.05) is 30.9 Å². The Labute approximate surface area is 152 Å². The van der Waals surface area contributed by atoms with Crippen LogP contribution in [0.1, 0.15) is 29.0 Å². The molecule has 0 spiro atoms. The predicted octanol–water partition coefficient (Wildman–Crippen LogP) is 3.45. The van der Waals surface area contributed by atoms with Gasteiger partial charge in [-0.05, 0) is 36.4 Å². The molecule has 1 fully saturated rings. The molecule has 5 heteroatoms. The largest absolute Gasteiger partial charge is 0.370 e. The number of hydrogen-bond donors (Lipinski definition) is 0. The van der Waals surface area contributed by atoms with Gasteiger partial charge in [-0.25, -0.2) is 0 Å². The Morgan fingerprint density at radius 1 is 1.08 bits per heavy atom. The minimum atomic E-state index is -0.0204. The van der Waals surface area contributed by atoms with Crippen molar-refractivity contribution in [3.63, 3.8) is 0 Å². The summed E-state index contributed by atoms with van der Waals surface area (Å²) in [6, 6.07) is 15.6. The van der Waals surface area contributed by atoms with Crippen molar-refractivity contribution < 1.29 is 9.53 Å². The van der Waals surface area contributed by atoms with Crippen LogP contribution >= 0.6 is 0 Å². The Balaban J connectivity index is 1.46. The standard InChI is InChI=1S/C21H21N3O2/c25-21(20-19-9-2-1-6-16(19)10-12-23-20)24-13-5-8-18(14-24)26-15-17-7-3-4-11-22-17/h1-4,6-7,9-12,18H,5,8,13-15H2/t18-/m1/s1. The van der Waals surface area contributed by atoms with E-state index in [2.05, 4.69) is 9.97 Å². The van der Waals surface area contributed by atoms with Crippen LogP contribution in [0.25, 0.3) is 10.8 Å². The Kier molecular flexibility index (Phi) is 4.88. The number of likely N-dealkylation sites (tertiary alicyclic amines) is 1. The maximum Gasteiger partial charge on any atom is 0.273 e. The molecule has 1 amide bonds. The first-order valence-electron chi connectivity index (χ1n) is 8.96. The van der Waals surface area contributed by atoms with Gasteiger partial charge in [0.2, 0.25) is 0 Å². The number of ether oxygens (including phenoxy) is 1. The van der Waals surface area contributed by atoms with Crippen molar-refractivity contribution in [3.05, 3.63) is 72.3 Å². The van der Waals surface area contributed by atoms with E-state index in [9.17, 15) is 4.79 Å². The molecule has 2 aromatic heterocycles. The van der Waals surface area contributed by atoms with E-state index < -0.39 is 0 Å². The minimum absolute atomic E-state index is 0.0204. The molecule has 1 aliphatic heterocycles. The lowest BCUT2D eigenvalue weighted by molar-refractivity contribution is -0.00794. The molecule has 0 N–H and O–H groups in total. The number of hydrogen-bond acceptors (Lipinski definition) is 4. The number of pyridine rings is 2. The Morgan fingerprint density at radius 3 is 2.85 bits per heavy atom.